The molecule has 0 fully saturated rings. The molecule has 1 aromatic carbocycles. The van der Waals surface area contributed by atoms with Crippen LogP contribution in [0.25, 0.3) is 6.08 Å². The number of aliphatic carboxylic acids is 1. The molecule has 1 aromatic rings. The standard InChI is InChI=1S/C12H11NO3/c1-2-8(12(15)16)5-9-3-4-11(14)6-10(9)7-13/h3-6,14H,2H2,1H3,(H,15,16)/b8-5+. The van der Waals surface area contributed by atoms with E-state index in [4.69, 9.17) is 10.4 Å². The maximum atomic E-state index is 10.8. The number of rotatable bonds is 3. The van der Waals surface area contributed by atoms with Crippen molar-refractivity contribution in [2.75, 3.05) is 0 Å². The summed E-state index contributed by atoms with van der Waals surface area (Å²) < 4.78 is 0. The Labute approximate surface area is 93.1 Å². The molecule has 82 valence electrons. The Bertz CT molecular complexity index is 484. The fourth-order valence-corrected chi connectivity index (χ4v) is 1.27. The zero-order valence-corrected chi connectivity index (χ0v) is 8.77. The van der Waals surface area contributed by atoms with Gasteiger partial charge in [0.25, 0.3) is 0 Å². The summed E-state index contributed by atoms with van der Waals surface area (Å²) in [6.45, 7) is 1.73. The quantitative estimate of drug-likeness (QED) is 0.760. The fourth-order valence-electron chi connectivity index (χ4n) is 1.27. The van der Waals surface area contributed by atoms with E-state index in [1.54, 1.807) is 6.92 Å². The molecule has 0 spiro atoms. The van der Waals surface area contributed by atoms with E-state index >= 15 is 0 Å². The number of nitriles is 1. The average molecular weight is 217 g/mol. The first-order chi connectivity index (χ1) is 7.58. The zero-order valence-electron chi connectivity index (χ0n) is 8.77. The van der Waals surface area contributed by atoms with E-state index < -0.39 is 5.97 Å². The predicted molar refractivity (Wildman–Crippen MR) is 58.7 cm³/mol. The number of hydrogen-bond acceptors (Lipinski definition) is 3. The summed E-state index contributed by atoms with van der Waals surface area (Å²) in [5, 5.41) is 26.9. The molecule has 0 saturated heterocycles. The van der Waals surface area contributed by atoms with Gasteiger partial charge in [-0.15, -0.1) is 0 Å². The number of carbonyl (C=O) groups is 1. The number of phenolic OH excluding ortho intramolecular Hbond substituents is 1. The van der Waals surface area contributed by atoms with Gasteiger partial charge in [0.2, 0.25) is 0 Å². The Morgan fingerprint density at radius 2 is 2.25 bits per heavy atom. The highest BCUT2D eigenvalue weighted by Crippen LogP contribution is 2.19. The number of benzene rings is 1. The lowest BCUT2D eigenvalue weighted by molar-refractivity contribution is -0.132. The first-order valence-electron chi connectivity index (χ1n) is 4.75. The minimum Gasteiger partial charge on any atom is -0.508 e. The molecule has 0 aliphatic heterocycles. The van der Waals surface area contributed by atoms with E-state index in [-0.39, 0.29) is 16.9 Å². The van der Waals surface area contributed by atoms with Crippen LogP contribution in [0.2, 0.25) is 0 Å². The Kier molecular flexibility index (Phi) is 3.67. The molecular weight excluding hydrogens is 206 g/mol. The lowest BCUT2D eigenvalue weighted by Crippen LogP contribution is -1.99. The largest absolute Gasteiger partial charge is 0.508 e. The molecule has 16 heavy (non-hydrogen) atoms. The molecule has 0 unspecified atom stereocenters. The van der Waals surface area contributed by atoms with Crippen LogP contribution in [0.15, 0.2) is 23.8 Å². The summed E-state index contributed by atoms with van der Waals surface area (Å²) >= 11 is 0. The molecule has 4 nitrogen and oxygen atoms in total. The minimum atomic E-state index is -1.00. The van der Waals surface area contributed by atoms with Crippen molar-refractivity contribution in [3.8, 4) is 11.8 Å². The molecule has 0 saturated carbocycles. The number of nitrogens with zero attached hydrogens (tertiary/aromatic N) is 1. The first-order valence-corrected chi connectivity index (χ1v) is 4.75. The van der Waals surface area contributed by atoms with Crippen molar-refractivity contribution in [1.82, 2.24) is 0 Å². The van der Waals surface area contributed by atoms with Crippen LogP contribution in [0.1, 0.15) is 24.5 Å². The minimum absolute atomic E-state index is 0.0120. The van der Waals surface area contributed by atoms with Crippen LogP contribution < -0.4 is 0 Å². The second-order valence-electron chi connectivity index (χ2n) is 3.21. The molecule has 0 radical (unpaired) electrons. The number of aromatic hydroxyl groups is 1. The highest BCUT2D eigenvalue weighted by atomic mass is 16.4. The van der Waals surface area contributed by atoms with Gasteiger partial charge < -0.3 is 10.2 Å². The lowest BCUT2D eigenvalue weighted by atomic mass is 10.0. The van der Waals surface area contributed by atoms with Crippen molar-refractivity contribution in [3.63, 3.8) is 0 Å². The summed E-state index contributed by atoms with van der Waals surface area (Å²) in [4.78, 5) is 10.8. The summed E-state index contributed by atoms with van der Waals surface area (Å²) in [5.41, 5.74) is 0.980. The van der Waals surface area contributed by atoms with Crippen LogP contribution in [0.4, 0.5) is 0 Å². The second kappa shape index (κ2) is 4.99. The number of phenols is 1. The molecule has 0 aromatic heterocycles. The molecule has 0 bridgehead atoms. The van der Waals surface area contributed by atoms with Crippen LogP contribution >= 0.6 is 0 Å². The van der Waals surface area contributed by atoms with Crippen molar-refractivity contribution >= 4 is 12.0 Å². The molecule has 0 amide bonds. The third-order valence-corrected chi connectivity index (χ3v) is 2.14. The average Bonchev–Trinajstić information content (AvgIpc) is 2.26. The second-order valence-corrected chi connectivity index (χ2v) is 3.21. The van der Waals surface area contributed by atoms with Gasteiger partial charge in [-0.25, -0.2) is 4.79 Å². The van der Waals surface area contributed by atoms with E-state index in [9.17, 15) is 9.90 Å². The number of carboxylic acids is 1. The van der Waals surface area contributed by atoms with Gasteiger partial charge in [-0.05, 0) is 36.3 Å². The van der Waals surface area contributed by atoms with E-state index in [1.165, 1.54) is 24.3 Å². The summed E-state index contributed by atoms with van der Waals surface area (Å²) in [6.07, 6.45) is 1.82. The Hall–Kier alpha value is -2.28. The normalized spacial score (nSPS) is 10.9. The Morgan fingerprint density at radius 1 is 1.56 bits per heavy atom. The van der Waals surface area contributed by atoms with Crippen molar-refractivity contribution in [2.24, 2.45) is 0 Å². The van der Waals surface area contributed by atoms with Crippen molar-refractivity contribution in [3.05, 3.63) is 34.9 Å². The van der Waals surface area contributed by atoms with Crippen molar-refractivity contribution in [2.45, 2.75) is 13.3 Å². The smallest absolute Gasteiger partial charge is 0.331 e. The zero-order chi connectivity index (χ0) is 12.1. The maximum absolute atomic E-state index is 10.8. The van der Waals surface area contributed by atoms with Crippen LogP contribution in [-0.4, -0.2) is 16.2 Å². The van der Waals surface area contributed by atoms with Gasteiger partial charge in [-0.2, -0.15) is 5.26 Å². The van der Waals surface area contributed by atoms with E-state index in [0.29, 0.717) is 12.0 Å². The van der Waals surface area contributed by atoms with Gasteiger partial charge in [-0.3, -0.25) is 0 Å². The Balaban J connectivity index is 3.24. The highest BCUT2D eigenvalue weighted by molar-refractivity contribution is 5.92. The molecule has 4 heteroatoms. The van der Waals surface area contributed by atoms with Crippen LogP contribution in [-0.2, 0) is 4.79 Å². The molecule has 0 aliphatic rings. The summed E-state index contributed by atoms with van der Waals surface area (Å²) in [6, 6.07) is 6.15. The SMILES string of the molecule is CC/C(=C\c1ccc(O)cc1C#N)C(=O)O. The topological polar surface area (TPSA) is 81.3 Å². The van der Waals surface area contributed by atoms with Gasteiger partial charge in [0.05, 0.1) is 11.6 Å². The van der Waals surface area contributed by atoms with Gasteiger partial charge in [-0.1, -0.05) is 6.92 Å². The fraction of sp³-hybridized carbons (Fsp3) is 0.167. The maximum Gasteiger partial charge on any atom is 0.331 e. The number of carboxylic acid groups (broad SMARTS) is 1. The summed E-state index contributed by atoms with van der Waals surface area (Å²) in [5.74, 6) is -1.01. The van der Waals surface area contributed by atoms with E-state index in [1.807, 2.05) is 6.07 Å². The van der Waals surface area contributed by atoms with Crippen LogP contribution in [0.3, 0.4) is 0 Å². The highest BCUT2D eigenvalue weighted by Gasteiger charge is 2.07. The molecule has 2 N–H and O–H groups in total. The lowest BCUT2D eigenvalue weighted by Gasteiger charge is -2.01. The van der Waals surface area contributed by atoms with Gasteiger partial charge in [0, 0.05) is 5.57 Å². The number of hydrogen-bond donors (Lipinski definition) is 2. The van der Waals surface area contributed by atoms with E-state index in [0.717, 1.165) is 0 Å². The molecule has 0 aliphatic carbocycles. The third kappa shape index (κ3) is 2.61. The first kappa shape index (κ1) is 11.8. The third-order valence-electron chi connectivity index (χ3n) is 2.14. The molecule has 1 rings (SSSR count). The van der Waals surface area contributed by atoms with Crippen molar-refractivity contribution < 1.29 is 15.0 Å². The van der Waals surface area contributed by atoms with Crippen LogP contribution in [0, 0.1) is 11.3 Å². The molecule has 0 atom stereocenters. The Morgan fingerprint density at radius 3 is 2.75 bits per heavy atom. The molecular formula is C12H11NO3. The monoisotopic (exact) mass is 217 g/mol. The van der Waals surface area contributed by atoms with Gasteiger partial charge >= 0.3 is 5.97 Å². The summed E-state index contributed by atoms with van der Waals surface area (Å²) in [7, 11) is 0. The van der Waals surface area contributed by atoms with E-state index in [2.05, 4.69) is 0 Å². The predicted octanol–water partition coefficient (Wildman–Crippen LogP) is 2.14. The van der Waals surface area contributed by atoms with Crippen LogP contribution in [0.5, 0.6) is 5.75 Å². The van der Waals surface area contributed by atoms with Gasteiger partial charge in [0.15, 0.2) is 0 Å². The molecule has 0 heterocycles. The van der Waals surface area contributed by atoms with Gasteiger partial charge in [0.1, 0.15) is 5.75 Å². The van der Waals surface area contributed by atoms with Crippen molar-refractivity contribution in [1.29, 1.82) is 5.26 Å².